The second-order valence-corrected chi connectivity index (χ2v) is 5.97. The third-order valence-electron chi connectivity index (χ3n) is 3.81. The number of aryl methyl sites for hydroxylation is 1. The number of aromatic nitrogens is 4. The van der Waals surface area contributed by atoms with E-state index in [-0.39, 0.29) is 16.5 Å². The van der Waals surface area contributed by atoms with E-state index in [9.17, 15) is 26.7 Å². The minimum Gasteiger partial charge on any atom is -0.304 e. The van der Waals surface area contributed by atoms with Crippen molar-refractivity contribution in [2.24, 2.45) is 0 Å². The lowest BCUT2D eigenvalue weighted by atomic mass is 10.1. The molecule has 0 unspecified atom stereocenters. The molecule has 0 fully saturated rings. The van der Waals surface area contributed by atoms with E-state index in [0.29, 0.717) is 6.54 Å². The summed E-state index contributed by atoms with van der Waals surface area (Å²) in [4.78, 5) is 12.3. The Hall–Kier alpha value is -2.95. The van der Waals surface area contributed by atoms with Crippen LogP contribution in [0.4, 0.5) is 27.8 Å². The molecule has 28 heavy (non-hydrogen) atoms. The zero-order chi connectivity index (χ0) is 20.6. The first-order valence-electron chi connectivity index (χ1n) is 7.81. The number of anilines is 1. The topological polar surface area (TPSA) is 64.7 Å². The van der Waals surface area contributed by atoms with Gasteiger partial charge in [-0.05, 0) is 6.92 Å². The second-order valence-electron chi connectivity index (χ2n) is 5.56. The molecule has 6 nitrogen and oxygen atoms in total. The number of carbonyl (C=O) groups is 1. The van der Waals surface area contributed by atoms with Crippen LogP contribution in [0.1, 0.15) is 23.0 Å². The Morgan fingerprint density at radius 2 is 1.71 bits per heavy atom. The Balaban J connectivity index is 1.82. The standard InChI is InChI=1S/C16H11ClF5N5O/c1-2-27-15(8(17)5-23-27)16(28)24-9-3-4-26(25-9)6-7-10(18)12(20)14(22)13(21)11(7)19/h3-5H,2,6H2,1H3,(H,24,25,28). The molecule has 0 aliphatic carbocycles. The maximum atomic E-state index is 13.8. The number of benzene rings is 1. The third-order valence-corrected chi connectivity index (χ3v) is 4.09. The maximum absolute atomic E-state index is 13.8. The van der Waals surface area contributed by atoms with Gasteiger partial charge in [0.05, 0.1) is 23.3 Å². The van der Waals surface area contributed by atoms with Crippen LogP contribution < -0.4 is 5.32 Å². The molecular weight excluding hydrogens is 409 g/mol. The van der Waals surface area contributed by atoms with Gasteiger partial charge in [-0.1, -0.05) is 11.6 Å². The van der Waals surface area contributed by atoms with E-state index in [1.807, 2.05) is 0 Å². The summed E-state index contributed by atoms with van der Waals surface area (Å²) in [5.41, 5.74) is -0.969. The SMILES string of the molecule is CCn1ncc(Cl)c1C(=O)Nc1ccn(Cc2c(F)c(F)c(F)c(F)c2F)n1. The Labute approximate surface area is 159 Å². The molecule has 0 spiro atoms. The maximum Gasteiger partial charge on any atom is 0.276 e. The Bertz CT molecular complexity index is 1040. The van der Waals surface area contributed by atoms with Gasteiger partial charge in [-0.3, -0.25) is 14.2 Å². The minimum absolute atomic E-state index is 0.0196. The van der Waals surface area contributed by atoms with Gasteiger partial charge in [-0.25, -0.2) is 22.0 Å². The van der Waals surface area contributed by atoms with Crippen LogP contribution in [0.15, 0.2) is 18.5 Å². The van der Waals surface area contributed by atoms with Crippen molar-refractivity contribution < 1.29 is 26.7 Å². The van der Waals surface area contributed by atoms with Crippen LogP contribution in [-0.2, 0) is 13.1 Å². The average molecular weight is 420 g/mol. The lowest BCUT2D eigenvalue weighted by Gasteiger charge is -2.08. The summed E-state index contributed by atoms with van der Waals surface area (Å²) < 4.78 is 69.4. The molecule has 3 aromatic rings. The van der Waals surface area contributed by atoms with Crippen molar-refractivity contribution in [2.75, 3.05) is 5.32 Å². The number of nitrogens with zero attached hydrogens (tertiary/aromatic N) is 4. The number of rotatable bonds is 5. The van der Waals surface area contributed by atoms with E-state index in [0.717, 1.165) is 4.68 Å². The van der Waals surface area contributed by atoms with E-state index >= 15 is 0 Å². The van der Waals surface area contributed by atoms with E-state index < -0.39 is 47.1 Å². The van der Waals surface area contributed by atoms with Crippen molar-refractivity contribution in [2.45, 2.75) is 20.0 Å². The van der Waals surface area contributed by atoms with Gasteiger partial charge < -0.3 is 5.32 Å². The molecule has 12 heteroatoms. The monoisotopic (exact) mass is 419 g/mol. The summed E-state index contributed by atoms with van der Waals surface area (Å²) in [6.45, 7) is 1.39. The fourth-order valence-corrected chi connectivity index (χ4v) is 2.70. The van der Waals surface area contributed by atoms with Crippen LogP contribution >= 0.6 is 11.6 Å². The van der Waals surface area contributed by atoms with Crippen molar-refractivity contribution in [1.29, 1.82) is 0 Å². The molecule has 0 saturated carbocycles. The van der Waals surface area contributed by atoms with Crippen molar-refractivity contribution >= 4 is 23.3 Å². The normalized spacial score (nSPS) is 11.1. The molecule has 2 aromatic heterocycles. The highest BCUT2D eigenvalue weighted by Gasteiger charge is 2.26. The molecule has 3 rings (SSSR count). The molecule has 2 heterocycles. The van der Waals surface area contributed by atoms with E-state index in [1.165, 1.54) is 23.1 Å². The lowest BCUT2D eigenvalue weighted by molar-refractivity contribution is 0.101. The molecule has 0 radical (unpaired) electrons. The van der Waals surface area contributed by atoms with Crippen molar-refractivity contribution in [1.82, 2.24) is 19.6 Å². The van der Waals surface area contributed by atoms with E-state index in [4.69, 9.17) is 11.6 Å². The van der Waals surface area contributed by atoms with Crippen LogP contribution in [-0.4, -0.2) is 25.5 Å². The fourth-order valence-electron chi connectivity index (χ4n) is 2.47. The van der Waals surface area contributed by atoms with E-state index in [2.05, 4.69) is 15.5 Å². The first kappa shape index (κ1) is 19.8. The zero-order valence-corrected chi connectivity index (χ0v) is 14.9. The van der Waals surface area contributed by atoms with Crippen LogP contribution in [0.2, 0.25) is 5.02 Å². The number of carbonyl (C=O) groups excluding carboxylic acids is 1. The highest BCUT2D eigenvalue weighted by Crippen LogP contribution is 2.24. The molecule has 0 saturated heterocycles. The van der Waals surface area contributed by atoms with Crippen molar-refractivity contribution in [3.05, 3.63) is 63.8 Å². The van der Waals surface area contributed by atoms with Crippen molar-refractivity contribution in [3.8, 4) is 0 Å². The quantitative estimate of drug-likeness (QED) is 0.389. The predicted octanol–water partition coefficient (Wildman–Crippen LogP) is 3.75. The van der Waals surface area contributed by atoms with Gasteiger partial charge in [0.15, 0.2) is 29.1 Å². The largest absolute Gasteiger partial charge is 0.304 e. The van der Waals surface area contributed by atoms with Crippen LogP contribution in [0.25, 0.3) is 0 Å². The molecule has 1 aromatic carbocycles. The second kappa shape index (κ2) is 7.58. The van der Waals surface area contributed by atoms with E-state index in [1.54, 1.807) is 6.92 Å². The minimum atomic E-state index is -2.24. The van der Waals surface area contributed by atoms with Gasteiger partial charge in [0.2, 0.25) is 5.82 Å². The molecule has 0 atom stereocenters. The van der Waals surface area contributed by atoms with Gasteiger partial charge in [0, 0.05) is 18.8 Å². The number of amides is 1. The fraction of sp³-hybridized carbons (Fsp3) is 0.188. The third kappa shape index (κ3) is 3.44. The molecule has 1 amide bonds. The summed E-state index contributed by atoms with van der Waals surface area (Å²) in [5, 5.41) is 10.3. The highest BCUT2D eigenvalue weighted by atomic mass is 35.5. The summed E-state index contributed by atoms with van der Waals surface area (Å²) >= 11 is 5.92. The van der Waals surface area contributed by atoms with Crippen LogP contribution in [0, 0.1) is 29.1 Å². The Morgan fingerprint density at radius 3 is 2.32 bits per heavy atom. The van der Waals surface area contributed by atoms with Gasteiger partial charge >= 0.3 is 0 Å². The molecular formula is C16H11ClF5N5O. The number of nitrogens with one attached hydrogen (secondary N) is 1. The van der Waals surface area contributed by atoms with Gasteiger partial charge in [0.1, 0.15) is 5.69 Å². The average Bonchev–Trinajstić information content (AvgIpc) is 3.27. The summed E-state index contributed by atoms with van der Waals surface area (Å²) in [7, 11) is 0. The van der Waals surface area contributed by atoms with Crippen LogP contribution in [0.5, 0.6) is 0 Å². The lowest BCUT2D eigenvalue weighted by Crippen LogP contribution is -2.18. The number of halogens is 6. The molecule has 0 bridgehead atoms. The molecule has 1 N–H and O–H groups in total. The molecule has 0 aliphatic heterocycles. The van der Waals surface area contributed by atoms with Gasteiger partial charge in [0.25, 0.3) is 5.91 Å². The molecule has 148 valence electrons. The highest BCUT2D eigenvalue weighted by molar-refractivity contribution is 6.34. The summed E-state index contributed by atoms with van der Waals surface area (Å²) in [5.74, 6) is -10.9. The van der Waals surface area contributed by atoms with Gasteiger partial charge in [-0.2, -0.15) is 10.2 Å². The van der Waals surface area contributed by atoms with Gasteiger partial charge in [-0.15, -0.1) is 0 Å². The first-order valence-corrected chi connectivity index (χ1v) is 8.18. The first-order chi connectivity index (χ1) is 13.2. The smallest absolute Gasteiger partial charge is 0.276 e. The Morgan fingerprint density at radius 1 is 1.11 bits per heavy atom. The Kier molecular flexibility index (Phi) is 5.36. The molecule has 0 aliphatic rings. The predicted molar refractivity (Wildman–Crippen MR) is 88.4 cm³/mol. The number of hydrogen-bond donors (Lipinski definition) is 1. The number of hydrogen-bond acceptors (Lipinski definition) is 3. The van der Waals surface area contributed by atoms with Crippen molar-refractivity contribution in [3.63, 3.8) is 0 Å². The summed E-state index contributed by atoms with van der Waals surface area (Å²) in [6, 6.07) is 1.28. The zero-order valence-electron chi connectivity index (χ0n) is 14.1. The van der Waals surface area contributed by atoms with Crippen LogP contribution in [0.3, 0.4) is 0 Å². The summed E-state index contributed by atoms with van der Waals surface area (Å²) in [6.07, 6.45) is 2.49.